The molecule has 0 aliphatic rings. The van der Waals surface area contributed by atoms with Crippen LogP contribution in [0.15, 0.2) is 60.7 Å². The van der Waals surface area contributed by atoms with Crippen LogP contribution in [0.4, 0.5) is 4.39 Å². The zero-order chi connectivity index (χ0) is 19.9. The quantitative estimate of drug-likeness (QED) is 0.484. The number of benzene rings is 3. The smallest absolute Gasteiger partial charge is 0.163 e. The van der Waals surface area contributed by atoms with E-state index in [9.17, 15) is 4.39 Å². The molecule has 0 radical (unpaired) electrons. The van der Waals surface area contributed by atoms with Crippen molar-refractivity contribution in [2.75, 3.05) is 7.11 Å². The van der Waals surface area contributed by atoms with E-state index >= 15 is 0 Å². The van der Waals surface area contributed by atoms with Crippen LogP contribution in [0.3, 0.4) is 0 Å². The summed E-state index contributed by atoms with van der Waals surface area (Å²) in [5, 5.41) is 4.20. The fourth-order valence-corrected chi connectivity index (χ4v) is 3.18. The summed E-state index contributed by atoms with van der Waals surface area (Å²) >= 11 is 12.5. The van der Waals surface area contributed by atoms with E-state index in [2.05, 4.69) is 17.4 Å². The minimum absolute atomic E-state index is 0.0240. The van der Waals surface area contributed by atoms with E-state index in [1.807, 2.05) is 24.3 Å². The van der Waals surface area contributed by atoms with Crippen LogP contribution in [0.25, 0.3) is 0 Å². The molecule has 3 nitrogen and oxygen atoms in total. The fourth-order valence-electron chi connectivity index (χ4n) is 2.74. The Labute approximate surface area is 174 Å². The Morgan fingerprint density at radius 3 is 2.39 bits per heavy atom. The van der Waals surface area contributed by atoms with Crippen LogP contribution in [-0.2, 0) is 19.7 Å². The van der Waals surface area contributed by atoms with E-state index in [1.165, 1.54) is 11.6 Å². The van der Waals surface area contributed by atoms with Crippen molar-refractivity contribution in [2.45, 2.75) is 19.7 Å². The Balaban J connectivity index is 1.68. The summed E-state index contributed by atoms with van der Waals surface area (Å²) in [7, 11) is 1.55. The summed E-state index contributed by atoms with van der Waals surface area (Å²) in [6.07, 6.45) is 0. The van der Waals surface area contributed by atoms with Gasteiger partial charge in [-0.3, -0.25) is 0 Å². The molecule has 0 unspecified atom stereocenters. The van der Waals surface area contributed by atoms with Crippen LogP contribution >= 0.6 is 23.2 Å². The summed E-state index contributed by atoms with van der Waals surface area (Å²) in [6.45, 7) is 1.27. The molecule has 146 valence electrons. The van der Waals surface area contributed by atoms with Gasteiger partial charge in [0.1, 0.15) is 12.4 Å². The Hall–Kier alpha value is -2.27. The second kappa shape index (κ2) is 9.78. The van der Waals surface area contributed by atoms with E-state index in [-0.39, 0.29) is 12.2 Å². The standard InChI is InChI=1S/C22H20Cl2FNO2/c1-27-21-10-16(13-26-12-15-6-3-2-4-7-15)19(24)11-22(21)28-14-17-18(23)8-5-9-20(17)25/h2-11,26H,12-14H2,1H3. The van der Waals surface area contributed by atoms with Crippen LogP contribution in [0, 0.1) is 5.82 Å². The molecule has 0 aliphatic heterocycles. The highest BCUT2D eigenvalue weighted by molar-refractivity contribution is 6.31. The molecule has 3 aromatic rings. The Bertz CT molecular complexity index is 915. The average Bonchev–Trinajstić information content (AvgIpc) is 2.70. The van der Waals surface area contributed by atoms with Crippen LogP contribution in [0.5, 0.6) is 11.5 Å². The Kier molecular flexibility index (Phi) is 7.15. The lowest BCUT2D eigenvalue weighted by atomic mass is 10.1. The molecular formula is C22H20Cl2FNO2. The predicted molar refractivity (Wildman–Crippen MR) is 111 cm³/mol. The molecule has 1 N–H and O–H groups in total. The zero-order valence-electron chi connectivity index (χ0n) is 15.3. The van der Waals surface area contributed by atoms with Gasteiger partial charge in [0.25, 0.3) is 0 Å². The van der Waals surface area contributed by atoms with Crippen molar-refractivity contribution < 1.29 is 13.9 Å². The van der Waals surface area contributed by atoms with E-state index < -0.39 is 5.82 Å². The van der Waals surface area contributed by atoms with Crippen LogP contribution in [0.2, 0.25) is 10.0 Å². The molecule has 0 saturated heterocycles. The van der Waals surface area contributed by atoms with Gasteiger partial charge in [-0.05, 0) is 29.3 Å². The number of nitrogens with one attached hydrogen (secondary N) is 1. The zero-order valence-corrected chi connectivity index (χ0v) is 16.9. The van der Waals surface area contributed by atoms with Crippen molar-refractivity contribution in [3.05, 3.63) is 93.2 Å². The number of ether oxygens (including phenoxy) is 2. The minimum Gasteiger partial charge on any atom is -0.493 e. The summed E-state index contributed by atoms with van der Waals surface area (Å²) in [4.78, 5) is 0. The number of rotatable bonds is 8. The molecule has 28 heavy (non-hydrogen) atoms. The molecule has 3 rings (SSSR count). The molecule has 0 bridgehead atoms. The average molecular weight is 420 g/mol. The van der Waals surface area contributed by atoms with E-state index in [0.717, 1.165) is 12.1 Å². The van der Waals surface area contributed by atoms with Crippen LogP contribution in [-0.4, -0.2) is 7.11 Å². The lowest BCUT2D eigenvalue weighted by molar-refractivity contribution is 0.279. The van der Waals surface area contributed by atoms with Gasteiger partial charge in [-0.2, -0.15) is 0 Å². The van der Waals surface area contributed by atoms with E-state index in [1.54, 1.807) is 25.3 Å². The third-order valence-corrected chi connectivity index (χ3v) is 4.96. The second-order valence-corrected chi connectivity index (χ2v) is 6.99. The van der Waals surface area contributed by atoms with Gasteiger partial charge in [0.2, 0.25) is 0 Å². The van der Waals surface area contributed by atoms with Crippen molar-refractivity contribution in [3.63, 3.8) is 0 Å². The maximum atomic E-state index is 13.9. The molecule has 0 aliphatic carbocycles. The van der Waals surface area contributed by atoms with Gasteiger partial charge in [-0.25, -0.2) is 4.39 Å². The molecule has 0 heterocycles. The highest BCUT2D eigenvalue weighted by atomic mass is 35.5. The molecule has 0 spiro atoms. The van der Waals surface area contributed by atoms with E-state index in [4.69, 9.17) is 32.7 Å². The van der Waals surface area contributed by atoms with Crippen molar-refractivity contribution >= 4 is 23.2 Å². The lowest BCUT2D eigenvalue weighted by Gasteiger charge is -2.15. The molecular weight excluding hydrogens is 400 g/mol. The predicted octanol–water partition coefficient (Wildman–Crippen LogP) is 6.01. The van der Waals surface area contributed by atoms with Crippen LogP contribution < -0.4 is 14.8 Å². The third-order valence-electron chi connectivity index (χ3n) is 4.25. The Morgan fingerprint density at radius 2 is 1.68 bits per heavy atom. The Morgan fingerprint density at radius 1 is 0.893 bits per heavy atom. The summed E-state index contributed by atoms with van der Waals surface area (Å²) in [5.41, 5.74) is 2.36. The summed E-state index contributed by atoms with van der Waals surface area (Å²) in [5.74, 6) is 0.534. The first kappa shape index (κ1) is 20.5. The van der Waals surface area contributed by atoms with Gasteiger partial charge in [0.05, 0.1) is 12.1 Å². The van der Waals surface area contributed by atoms with Gasteiger partial charge in [0.15, 0.2) is 11.5 Å². The number of halogens is 3. The van der Waals surface area contributed by atoms with Crippen molar-refractivity contribution in [1.82, 2.24) is 5.32 Å². The van der Waals surface area contributed by atoms with Gasteiger partial charge < -0.3 is 14.8 Å². The van der Waals surface area contributed by atoms with Crippen molar-refractivity contribution in [1.29, 1.82) is 0 Å². The monoisotopic (exact) mass is 419 g/mol. The van der Waals surface area contributed by atoms with Gasteiger partial charge >= 0.3 is 0 Å². The first-order valence-electron chi connectivity index (χ1n) is 8.75. The molecule has 3 aromatic carbocycles. The van der Waals surface area contributed by atoms with E-state index in [0.29, 0.717) is 28.1 Å². The maximum Gasteiger partial charge on any atom is 0.163 e. The third kappa shape index (κ3) is 5.16. The highest BCUT2D eigenvalue weighted by Crippen LogP contribution is 2.34. The number of methoxy groups -OCH3 is 1. The molecule has 0 saturated carbocycles. The SMILES string of the molecule is COc1cc(CNCc2ccccc2)c(Cl)cc1OCc1c(F)cccc1Cl. The highest BCUT2D eigenvalue weighted by Gasteiger charge is 2.13. The van der Waals surface area contributed by atoms with Crippen molar-refractivity contribution in [3.8, 4) is 11.5 Å². The first-order chi connectivity index (χ1) is 13.6. The van der Waals surface area contributed by atoms with Crippen molar-refractivity contribution in [2.24, 2.45) is 0 Å². The maximum absolute atomic E-state index is 13.9. The fraction of sp³-hybridized carbons (Fsp3) is 0.182. The number of hydrogen-bond acceptors (Lipinski definition) is 3. The minimum atomic E-state index is -0.417. The molecule has 0 atom stereocenters. The summed E-state index contributed by atoms with van der Waals surface area (Å²) in [6, 6.07) is 18.1. The summed E-state index contributed by atoms with van der Waals surface area (Å²) < 4.78 is 25.1. The normalized spacial score (nSPS) is 10.7. The molecule has 6 heteroatoms. The van der Waals surface area contributed by atoms with Crippen LogP contribution in [0.1, 0.15) is 16.7 Å². The molecule has 0 aromatic heterocycles. The topological polar surface area (TPSA) is 30.5 Å². The first-order valence-corrected chi connectivity index (χ1v) is 9.51. The lowest BCUT2D eigenvalue weighted by Crippen LogP contribution is -2.13. The number of hydrogen-bond donors (Lipinski definition) is 1. The molecule has 0 amide bonds. The second-order valence-electron chi connectivity index (χ2n) is 6.17. The largest absolute Gasteiger partial charge is 0.493 e. The molecule has 0 fully saturated rings. The van der Waals surface area contributed by atoms with Gasteiger partial charge in [-0.15, -0.1) is 0 Å². The van der Waals surface area contributed by atoms with Gasteiger partial charge in [-0.1, -0.05) is 59.6 Å². The van der Waals surface area contributed by atoms with Gasteiger partial charge in [0, 0.05) is 29.7 Å².